The number of amides is 5. The first kappa shape index (κ1) is 45.3. The van der Waals surface area contributed by atoms with Crippen molar-refractivity contribution >= 4 is 39.7 Å². The third-order valence-corrected chi connectivity index (χ3v) is 18.5. The fraction of sp³-hybridized carbons (Fsp3) is 0.889. The van der Waals surface area contributed by atoms with Crippen LogP contribution in [0.15, 0.2) is 0 Å². The molecule has 4 saturated carbocycles. The van der Waals surface area contributed by atoms with Gasteiger partial charge in [0, 0.05) is 31.1 Å². The number of piperidine rings is 1. The van der Waals surface area contributed by atoms with Gasteiger partial charge in [-0.25, -0.2) is 4.72 Å². The lowest BCUT2D eigenvalue weighted by molar-refractivity contribution is -0.145. The van der Waals surface area contributed by atoms with Crippen molar-refractivity contribution in [1.82, 2.24) is 34.8 Å². The molecular weight excluding hydrogens is 783 g/mol. The Morgan fingerprint density at radius 2 is 1.40 bits per heavy atom. The molecule has 7 atom stereocenters. The summed E-state index contributed by atoms with van der Waals surface area (Å²) in [6.07, 6.45) is 13.3. The van der Waals surface area contributed by atoms with Crippen LogP contribution < -0.4 is 20.7 Å². The van der Waals surface area contributed by atoms with Crippen LogP contribution in [0.3, 0.4) is 0 Å². The Morgan fingerprint density at radius 3 is 1.95 bits per heavy atom. The van der Waals surface area contributed by atoms with Gasteiger partial charge < -0.3 is 20.9 Å². The fourth-order valence-electron chi connectivity index (χ4n) is 12.9. The van der Waals surface area contributed by atoms with Gasteiger partial charge in [-0.05, 0) is 113 Å². The van der Waals surface area contributed by atoms with E-state index in [1.54, 1.807) is 4.90 Å². The number of carbonyl (C=O) groups excluding carboxylic acids is 5. The molecule has 4 N–H and O–H groups in total. The van der Waals surface area contributed by atoms with Crippen LogP contribution in [0.25, 0.3) is 0 Å². The van der Waals surface area contributed by atoms with Crippen molar-refractivity contribution in [2.24, 2.45) is 33.5 Å². The van der Waals surface area contributed by atoms with Gasteiger partial charge in [0.15, 0.2) is 0 Å². The van der Waals surface area contributed by atoms with Crippen molar-refractivity contribution in [3.63, 3.8) is 0 Å². The van der Waals surface area contributed by atoms with Gasteiger partial charge in [-0.2, -0.15) is 12.7 Å². The van der Waals surface area contributed by atoms with E-state index in [0.717, 1.165) is 90.0 Å². The fourth-order valence-corrected chi connectivity index (χ4v) is 14.2. The van der Waals surface area contributed by atoms with Gasteiger partial charge >= 0.3 is 10.2 Å². The summed E-state index contributed by atoms with van der Waals surface area (Å²) in [5.41, 5.74) is -2.60. The molecule has 7 aliphatic rings. The van der Waals surface area contributed by atoms with Crippen molar-refractivity contribution in [1.29, 1.82) is 0 Å². The third kappa shape index (κ3) is 7.70. The van der Waals surface area contributed by atoms with Crippen molar-refractivity contribution in [3.8, 4) is 0 Å². The number of hydrogen-bond acceptors (Lipinski definition) is 8. The van der Waals surface area contributed by atoms with Crippen LogP contribution in [-0.2, 0) is 34.2 Å². The zero-order valence-corrected chi connectivity index (χ0v) is 38.6. The Labute approximate surface area is 359 Å². The van der Waals surface area contributed by atoms with Crippen LogP contribution in [-0.4, -0.2) is 114 Å². The van der Waals surface area contributed by atoms with Crippen LogP contribution >= 0.6 is 0 Å². The number of nitrogens with zero attached hydrogens (tertiary/aromatic N) is 3. The molecule has 338 valence electrons. The van der Waals surface area contributed by atoms with E-state index in [2.05, 4.69) is 53.3 Å². The first-order valence-electron chi connectivity index (χ1n) is 23.5. The number of likely N-dealkylation sites (tertiary alicyclic amines) is 2. The zero-order chi connectivity index (χ0) is 43.6. The minimum absolute atomic E-state index is 0.00219. The quantitative estimate of drug-likeness (QED) is 0.211. The van der Waals surface area contributed by atoms with Crippen LogP contribution in [0, 0.1) is 33.5 Å². The van der Waals surface area contributed by atoms with Crippen molar-refractivity contribution in [2.75, 3.05) is 26.2 Å². The normalized spacial score (nSPS) is 32.6. The molecule has 4 aliphatic carbocycles. The molecular formula is C45H75N7O7S. The maximum Gasteiger partial charge on any atom is 0.303 e. The molecule has 0 bridgehead atoms. The second-order valence-electron chi connectivity index (χ2n) is 21.7. The van der Waals surface area contributed by atoms with Gasteiger partial charge in [0.25, 0.3) is 5.91 Å². The van der Waals surface area contributed by atoms with E-state index in [0.29, 0.717) is 38.9 Å². The highest BCUT2D eigenvalue weighted by molar-refractivity contribution is 7.87. The Hall–Kier alpha value is -2.78. The predicted molar refractivity (Wildman–Crippen MR) is 229 cm³/mol. The predicted octanol–water partition coefficient (Wildman–Crippen LogP) is 4.38. The molecule has 7 fully saturated rings. The maximum absolute atomic E-state index is 15.3. The van der Waals surface area contributed by atoms with E-state index in [1.165, 1.54) is 4.31 Å². The Balaban J connectivity index is 1.15. The first-order chi connectivity index (χ1) is 28.2. The van der Waals surface area contributed by atoms with E-state index < -0.39 is 51.1 Å². The molecule has 0 radical (unpaired) electrons. The van der Waals surface area contributed by atoms with E-state index in [9.17, 15) is 27.6 Å². The molecule has 60 heavy (non-hydrogen) atoms. The molecule has 7 rings (SSSR count). The van der Waals surface area contributed by atoms with Gasteiger partial charge in [0.2, 0.25) is 23.6 Å². The van der Waals surface area contributed by atoms with Crippen molar-refractivity contribution in [2.45, 2.75) is 194 Å². The largest absolute Gasteiger partial charge is 0.343 e. The monoisotopic (exact) mass is 858 g/mol. The van der Waals surface area contributed by atoms with Crippen molar-refractivity contribution in [3.05, 3.63) is 0 Å². The summed E-state index contributed by atoms with van der Waals surface area (Å²) in [5.74, 6) is -2.36. The lowest BCUT2D eigenvalue weighted by atomic mass is 9.73. The summed E-state index contributed by atoms with van der Waals surface area (Å²) in [6.45, 7) is 18.2. The first-order valence-corrected chi connectivity index (χ1v) is 24.9. The van der Waals surface area contributed by atoms with Crippen molar-refractivity contribution < 1.29 is 32.4 Å². The molecule has 0 aromatic carbocycles. The molecule has 15 heteroatoms. The van der Waals surface area contributed by atoms with Crippen LogP contribution in [0.2, 0.25) is 0 Å². The summed E-state index contributed by atoms with van der Waals surface area (Å²) >= 11 is 0. The second-order valence-corrected chi connectivity index (χ2v) is 23.3. The van der Waals surface area contributed by atoms with Gasteiger partial charge in [-0.1, -0.05) is 80.1 Å². The molecule has 3 saturated heterocycles. The van der Waals surface area contributed by atoms with Gasteiger partial charge in [0.05, 0.1) is 6.04 Å². The number of rotatable bonds is 13. The average molecular weight is 858 g/mol. The molecule has 0 aromatic heterocycles. The van der Waals surface area contributed by atoms with Gasteiger partial charge in [-0.15, -0.1) is 0 Å². The van der Waals surface area contributed by atoms with Gasteiger partial charge in [-0.3, -0.25) is 28.9 Å². The SMILES string of the molecule is CC[C@@H]1C[C@]1(NC(=O)[C@@H]1C[C@@]2(CN1C(=O)[C@@H](NC(=O)[C@@H](NC(=O)[C@@H]1CCCCN1C(C)C)C1CCCCC1)C(C)(C)C)C(C)(C)C21CCC1)C(=O)NS(=O)(=O)N1CCCC1. The molecule has 14 nitrogen and oxygen atoms in total. The summed E-state index contributed by atoms with van der Waals surface area (Å²) in [4.78, 5) is 76.8. The number of nitrogens with one attached hydrogen (secondary N) is 4. The molecule has 3 heterocycles. The smallest absolute Gasteiger partial charge is 0.303 e. The van der Waals surface area contributed by atoms with E-state index in [-0.39, 0.29) is 57.9 Å². The molecule has 2 spiro atoms. The lowest BCUT2D eigenvalue weighted by Gasteiger charge is -2.40. The van der Waals surface area contributed by atoms with E-state index in [4.69, 9.17) is 0 Å². The third-order valence-electron chi connectivity index (χ3n) is 17.0. The number of fused-ring (bicyclic) bond motifs is 1. The van der Waals surface area contributed by atoms with Gasteiger partial charge in [0.1, 0.15) is 23.7 Å². The standard InChI is InChI=1S/C45H75N7O7S/c1-9-31-26-45(31,40(57)49-60(58,59)50-23-15-16-24-50)48-37(54)33-27-44(42(7,8)43(44)21-17-22-43)28-52(33)39(56)35(41(4,5)6)47-38(55)34(30-18-11-10-12-19-30)46-36(53)32-20-13-14-25-51(32)29(2)3/h29-35H,9-28H2,1-8H3,(H,46,53)(H,47,55)(H,48,54)(H,49,57)/t31-,32+,33+,34+,35-,44-,45-/m1/s1. The Kier molecular flexibility index (Phi) is 12.4. The summed E-state index contributed by atoms with van der Waals surface area (Å²) in [7, 11) is -4.07. The molecule has 3 aliphatic heterocycles. The Bertz CT molecular complexity index is 1800. The minimum atomic E-state index is -4.07. The van der Waals surface area contributed by atoms with E-state index >= 15 is 4.79 Å². The Morgan fingerprint density at radius 1 is 0.767 bits per heavy atom. The van der Waals surface area contributed by atoms with E-state index in [1.807, 2.05) is 27.7 Å². The zero-order valence-electron chi connectivity index (χ0n) is 37.8. The molecule has 5 amide bonds. The molecule has 0 unspecified atom stereocenters. The van der Waals surface area contributed by atoms with Crippen LogP contribution in [0.5, 0.6) is 0 Å². The number of carbonyl (C=O) groups is 5. The minimum Gasteiger partial charge on any atom is -0.343 e. The highest BCUT2D eigenvalue weighted by Crippen LogP contribution is 2.88. The highest BCUT2D eigenvalue weighted by Gasteiger charge is 2.85. The average Bonchev–Trinajstić information content (AvgIpc) is 3.63. The highest BCUT2D eigenvalue weighted by atomic mass is 32.2. The summed E-state index contributed by atoms with van der Waals surface area (Å²) < 4.78 is 30.0. The van der Waals surface area contributed by atoms with Crippen LogP contribution in [0.4, 0.5) is 0 Å². The topological polar surface area (TPSA) is 177 Å². The summed E-state index contributed by atoms with van der Waals surface area (Å²) in [6, 6.07) is -2.85. The second kappa shape index (κ2) is 16.4. The number of hydrogen-bond donors (Lipinski definition) is 4. The maximum atomic E-state index is 15.3. The summed E-state index contributed by atoms with van der Waals surface area (Å²) in [5, 5.41) is 9.43. The molecule has 0 aromatic rings. The lowest BCUT2D eigenvalue weighted by Crippen LogP contribution is -2.63. The van der Waals surface area contributed by atoms with Crippen LogP contribution in [0.1, 0.15) is 158 Å².